The van der Waals surface area contributed by atoms with Crippen LogP contribution in [0.3, 0.4) is 0 Å². The number of nitrogens with two attached hydrogens (primary N) is 1. The highest BCUT2D eigenvalue weighted by Crippen LogP contribution is 2.08. The lowest BCUT2D eigenvalue weighted by atomic mass is 10.2. The number of aromatic nitrogens is 5. The van der Waals surface area contributed by atoms with Gasteiger partial charge in [0.05, 0.1) is 23.6 Å². The Bertz CT molecular complexity index is 618. The van der Waals surface area contributed by atoms with Crippen LogP contribution in [0.1, 0.15) is 30.9 Å². The molecule has 0 amide bonds. The van der Waals surface area contributed by atoms with Gasteiger partial charge in [-0.1, -0.05) is 12.1 Å². The summed E-state index contributed by atoms with van der Waals surface area (Å²) in [6, 6.07) is 1.09. The van der Waals surface area contributed by atoms with Crippen molar-refractivity contribution >= 4 is 5.97 Å². The van der Waals surface area contributed by atoms with E-state index < -0.39 is 12.0 Å². The highest BCUT2D eigenvalue weighted by molar-refractivity contribution is 5.73. The van der Waals surface area contributed by atoms with Gasteiger partial charge in [-0.05, 0) is 19.4 Å². The molecule has 1 unspecified atom stereocenters. The first kappa shape index (κ1) is 15.2. The summed E-state index contributed by atoms with van der Waals surface area (Å²) in [5, 5.41) is 21.2. The zero-order chi connectivity index (χ0) is 15.4. The van der Waals surface area contributed by atoms with Crippen molar-refractivity contribution in [3.05, 3.63) is 29.3 Å². The van der Waals surface area contributed by atoms with Crippen molar-refractivity contribution in [2.75, 3.05) is 0 Å². The number of nitrogens with zero attached hydrogens (tertiary/aromatic N) is 5. The molecule has 2 aromatic rings. The third-order valence-corrected chi connectivity index (χ3v) is 3.23. The Morgan fingerprint density at radius 2 is 2.19 bits per heavy atom. The van der Waals surface area contributed by atoms with Crippen molar-refractivity contribution in [2.45, 2.75) is 45.8 Å². The molecule has 0 saturated heterocycles. The van der Waals surface area contributed by atoms with Gasteiger partial charge in [0.15, 0.2) is 0 Å². The summed E-state index contributed by atoms with van der Waals surface area (Å²) in [4.78, 5) is 10.7. The maximum Gasteiger partial charge on any atom is 0.320 e. The molecule has 1 atom stereocenters. The first-order chi connectivity index (χ1) is 10.0. The van der Waals surface area contributed by atoms with Gasteiger partial charge in [-0.2, -0.15) is 5.10 Å². The summed E-state index contributed by atoms with van der Waals surface area (Å²) in [6.07, 6.45) is 2.78. The van der Waals surface area contributed by atoms with Crippen LogP contribution >= 0.6 is 0 Å². The molecule has 0 radical (unpaired) electrons. The van der Waals surface area contributed by atoms with Crippen molar-refractivity contribution < 1.29 is 9.90 Å². The van der Waals surface area contributed by atoms with Crippen LogP contribution < -0.4 is 5.73 Å². The van der Waals surface area contributed by atoms with Crippen molar-refractivity contribution in [3.8, 4) is 0 Å². The van der Waals surface area contributed by atoms with E-state index in [1.165, 1.54) is 0 Å². The predicted octanol–water partition coefficient (Wildman–Crippen LogP) is 0.0596. The number of aliphatic carboxylic acids is 1. The van der Waals surface area contributed by atoms with E-state index in [1.54, 1.807) is 10.9 Å². The normalized spacial score (nSPS) is 12.5. The van der Waals surface area contributed by atoms with E-state index in [2.05, 4.69) is 22.3 Å². The SMILES string of the molecule is CCc1cc(Cn2cc(CC(N)C(=O)O)nn2)n(CC)n1. The molecule has 0 aliphatic rings. The third-order valence-electron chi connectivity index (χ3n) is 3.23. The molecule has 0 saturated carbocycles. The van der Waals surface area contributed by atoms with Crippen molar-refractivity contribution in [2.24, 2.45) is 5.73 Å². The summed E-state index contributed by atoms with van der Waals surface area (Å²) in [5.74, 6) is -1.04. The van der Waals surface area contributed by atoms with Gasteiger partial charge in [0.25, 0.3) is 0 Å². The number of carboxylic acid groups (broad SMARTS) is 1. The van der Waals surface area contributed by atoms with Crippen LogP contribution in [0.25, 0.3) is 0 Å². The average Bonchev–Trinajstić information content (AvgIpc) is 3.05. The van der Waals surface area contributed by atoms with Crippen molar-refractivity contribution in [1.82, 2.24) is 24.8 Å². The molecule has 2 rings (SSSR count). The molecule has 0 spiro atoms. The van der Waals surface area contributed by atoms with Gasteiger partial charge >= 0.3 is 5.97 Å². The second kappa shape index (κ2) is 6.49. The lowest BCUT2D eigenvalue weighted by Crippen LogP contribution is -2.32. The summed E-state index contributed by atoms with van der Waals surface area (Å²) >= 11 is 0. The van der Waals surface area contributed by atoms with Crippen LogP contribution in [0.5, 0.6) is 0 Å². The second-order valence-electron chi connectivity index (χ2n) is 4.85. The first-order valence-corrected chi connectivity index (χ1v) is 6.96. The molecule has 0 fully saturated rings. The smallest absolute Gasteiger partial charge is 0.320 e. The molecule has 8 heteroatoms. The Morgan fingerprint density at radius 3 is 2.81 bits per heavy atom. The van der Waals surface area contributed by atoms with Gasteiger partial charge in [0.2, 0.25) is 0 Å². The minimum atomic E-state index is -1.04. The quantitative estimate of drug-likeness (QED) is 0.746. The van der Waals surface area contributed by atoms with Crippen LogP contribution in [0.2, 0.25) is 0 Å². The molecule has 0 bridgehead atoms. The number of hydrogen-bond donors (Lipinski definition) is 2. The zero-order valence-corrected chi connectivity index (χ0v) is 12.2. The van der Waals surface area contributed by atoms with E-state index in [-0.39, 0.29) is 6.42 Å². The fourth-order valence-electron chi connectivity index (χ4n) is 2.08. The number of carbonyl (C=O) groups is 1. The van der Waals surface area contributed by atoms with Gasteiger partial charge in [-0.3, -0.25) is 9.48 Å². The monoisotopic (exact) mass is 292 g/mol. The van der Waals surface area contributed by atoms with Gasteiger partial charge in [0.1, 0.15) is 6.04 Å². The molecule has 2 aromatic heterocycles. The minimum absolute atomic E-state index is 0.169. The topological polar surface area (TPSA) is 112 Å². The number of rotatable bonds is 7. The molecule has 114 valence electrons. The number of aryl methyl sites for hydroxylation is 2. The van der Waals surface area contributed by atoms with E-state index in [4.69, 9.17) is 10.8 Å². The van der Waals surface area contributed by atoms with Crippen LogP contribution in [0.4, 0.5) is 0 Å². The van der Waals surface area contributed by atoms with E-state index >= 15 is 0 Å². The fourth-order valence-corrected chi connectivity index (χ4v) is 2.08. The molecular weight excluding hydrogens is 272 g/mol. The molecule has 0 aliphatic carbocycles. The van der Waals surface area contributed by atoms with Gasteiger partial charge in [0, 0.05) is 19.2 Å². The second-order valence-corrected chi connectivity index (χ2v) is 4.85. The summed E-state index contributed by atoms with van der Waals surface area (Å²) in [7, 11) is 0. The maximum atomic E-state index is 10.7. The van der Waals surface area contributed by atoms with Crippen LogP contribution in [-0.2, 0) is 30.7 Å². The first-order valence-electron chi connectivity index (χ1n) is 6.96. The Labute approximate surface area is 122 Å². The lowest BCUT2D eigenvalue weighted by molar-refractivity contribution is -0.138. The Kier molecular flexibility index (Phi) is 4.69. The number of hydrogen-bond acceptors (Lipinski definition) is 5. The Balaban J connectivity index is 2.08. The third kappa shape index (κ3) is 3.66. The molecule has 3 N–H and O–H groups in total. The largest absolute Gasteiger partial charge is 0.480 e. The minimum Gasteiger partial charge on any atom is -0.480 e. The molecule has 0 aromatic carbocycles. The average molecular weight is 292 g/mol. The highest BCUT2D eigenvalue weighted by atomic mass is 16.4. The zero-order valence-electron chi connectivity index (χ0n) is 12.2. The molecule has 0 aliphatic heterocycles. The maximum absolute atomic E-state index is 10.7. The van der Waals surface area contributed by atoms with E-state index in [0.717, 1.165) is 24.4 Å². The Morgan fingerprint density at radius 1 is 1.43 bits per heavy atom. The summed E-state index contributed by atoms with van der Waals surface area (Å²) < 4.78 is 3.61. The lowest BCUT2D eigenvalue weighted by Gasteiger charge is -2.04. The van der Waals surface area contributed by atoms with Crippen molar-refractivity contribution in [3.63, 3.8) is 0 Å². The molecule has 2 heterocycles. The van der Waals surface area contributed by atoms with Gasteiger partial charge < -0.3 is 10.8 Å². The standard InChI is InChI=1S/C13H20N6O2/c1-3-9-5-11(19(4-2)16-9)8-18-7-10(15-17-18)6-12(14)13(20)21/h5,7,12H,3-4,6,8,14H2,1-2H3,(H,20,21). The molecule has 8 nitrogen and oxygen atoms in total. The van der Waals surface area contributed by atoms with Gasteiger partial charge in [-0.15, -0.1) is 5.10 Å². The van der Waals surface area contributed by atoms with Crippen LogP contribution in [0.15, 0.2) is 12.3 Å². The van der Waals surface area contributed by atoms with Gasteiger partial charge in [-0.25, -0.2) is 4.68 Å². The van der Waals surface area contributed by atoms with E-state index in [9.17, 15) is 4.79 Å². The predicted molar refractivity (Wildman–Crippen MR) is 75.7 cm³/mol. The fraction of sp³-hybridized carbons (Fsp3) is 0.538. The summed E-state index contributed by atoms with van der Waals surface area (Å²) in [6.45, 7) is 5.44. The van der Waals surface area contributed by atoms with Crippen LogP contribution in [-0.4, -0.2) is 41.9 Å². The summed E-state index contributed by atoms with van der Waals surface area (Å²) in [5.41, 5.74) is 8.15. The number of carboxylic acids is 1. The van der Waals surface area contributed by atoms with E-state index in [1.807, 2.05) is 17.7 Å². The Hall–Kier alpha value is -2.22. The highest BCUT2D eigenvalue weighted by Gasteiger charge is 2.15. The van der Waals surface area contributed by atoms with E-state index in [0.29, 0.717) is 12.2 Å². The molecular formula is C13H20N6O2. The van der Waals surface area contributed by atoms with Crippen molar-refractivity contribution in [1.29, 1.82) is 0 Å². The molecule has 21 heavy (non-hydrogen) atoms. The van der Waals surface area contributed by atoms with Crippen LogP contribution in [0, 0.1) is 0 Å².